The molecular weight excluding hydrogens is 198 g/mol. The molecule has 1 aromatic heterocycles. The highest BCUT2D eigenvalue weighted by Crippen LogP contribution is 2.05. The molecule has 0 aliphatic rings. The van der Waals surface area contributed by atoms with Gasteiger partial charge in [0, 0.05) is 12.7 Å². The topological polar surface area (TPSA) is 84.2 Å². The van der Waals surface area contributed by atoms with Crippen molar-refractivity contribution in [2.75, 3.05) is 0 Å². The van der Waals surface area contributed by atoms with E-state index in [-0.39, 0.29) is 0 Å². The van der Waals surface area contributed by atoms with Crippen LogP contribution in [-0.2, 0) is 11.8 Å². The molecule has 0 aromatic carbocycles. The van der Waals surface area contributed by atoms with E-state index in [9.17, 15) is 9.59 Å². The van der Waals surface area contributed by atoms with Gasteiger partial charge in [-0.05, 0) is 13.8 Å². The maximum absolute atomic E-state index is 11.6. The van der Waals surface area contributed by atoms with Crippen molar-refractivity contribution >= 4 is 11.9 Å². The van der Waals surface area contributed by atoms with Crippen LogP contribution < -0.4 is 5.32 Å². The third-order valence-corrected chi connectivity index (χ3v) is 2.20. The van der Waals surface area contributed by atoms with Crippen LogP contribution in [0, 0.1) is 6.92 Å². The van der Waals surface area contributed by atoms with Gasteiger partial charge in [0.1, 0.15) is 6.04 Å². The molecule has 0 spiro atoms. The average molecular weight is 211 g/mol. The zero-order chi connectivity index (χ0) is 11.6. The Morgan fingerprint density at radius 3 is 2.60 bits per heavy atom. The molecule has 0 unspecified atom stereocenters. The molecule has 2 N–H and O–H groups in total. The predicted molar refractivity (Wildman–Crippen MR) is 52.5 cm³/mol. The molecule has 6 heteroatoms. The Labute approximate surface area is 86.9 Å². The average Bonchev–Trinajstić information content (AvgIpc) is 2.47. The molecule has 0 saturated carbocycles. The van der Waals surface area contributed by atoms with Gasteiger partial charge in [-0.2, -0.15) is 5.10 Å². The van der Waals surface area contributed by atoms with Crippen molar-refractivity contribution < 1.29 is 14.7 Å². The first kappa shape index (κ1) is 11.2. The van der Waals surface area contributed by atoms with Crippen LogP contribution in [0.1, 0.15) is 23.0 Å². The molecule has 0 fully saturated rings. The normalized spacial score (nSPS) is 12.2. The van der Waals surface area contributed by atoms with Crippen LogP contribution in [-0.4, -0.2) is 32.8 Å². The molecule has 1 amide bonds. The van der Waals surface area contributed by atoms with Crippen molar-refractivity contribution in [3.63, 3.8) is 0 Å². The number of carboxylic acid groups (broad SMARTS) is 1. The minimum absolute atomic E-state index is 0.394. The van der Waals surface area contributed by atoms with Crippen molar-refractivity contribution in [3.8, 4) is 0 Å². The Hall–Kier alpha value is -1.85. The molecule has 0 bridgehead atoms. The van der Waals surface area contributed by atoms with Gasteiger partial charge in [0.15, 0.2) is 0 Å². The maximum atomic E-state index is 11.6. The number of carbonyl (C=O) groups is 2. The van der Waals surface area contributed by atoms with Crippen molar-refractivity contribution in [2.45, 2.75) is 19.9 Å². The van der Waals surface area contributed by atoms with Gasteiger partial charge in [-0.15, -0.1) is 0 Å². The number of aromatic nitrogens is 2. The van der Waals surface area contributed by atoms with Crippen molar-refractivity contribution in [1.82, 2.24) is 15.1 Å². The van der Waals surface area contributed by atoms with Gasteiger partial charge >= 0.3 is 5.97 Å². The molecule has 0 radical (unpaired) electrons. The van der Waals surface area contributed by atoms with Crippen LogP contribution in [0.25, 0.3) is 0 Å². The summed E-state index contributed by atoms with van der Waals surface area (Å²) in [5.41, 5.74) is 1.09. The molecule has 6 nitrogen and oxygen atoms in total. The molecule has 1 heterocycles. The quantitative estimate of drug-likeness (QED) is 0.733. The standard InChI is InChI=1S/C9H13N3O3/c1-5(9(14)15)11-8(13)7-4-10-12(3)6(7)2/h4-5H,1-3H3,(H,11,13)(H,14,15)/t5-/m1/s1. The third-order valence-electron chi connectivity index (χ3n) is 2.20. The summed E-state index contributed by atoms with van der Waals surface area (Å²) >= 11 is 0. The lowest BCUT2D eigenvalue weighted by atomic mass is 10.2. The van der Waals surface area contributed by atoms with Crippen LogP contribution in [0.3, 0.4) is 0 Å². The zero-order valence-corrected chi connectivity index (χ0v) is 8.81. The molecule has 0 aliphatic heterocycles. The van der Waals surface area contributed by atoms with Crippen molar-refractivity contribution in [1.29, 1.82) is 0 Å². The molecule has 1 rings (SSSR count). The van der Waals surface area contributed by atoms with E-state index in [1.54, 1.807) is 18.7 Å². The Bertz CT molecular complexity index is 397. The Morgan fingerprint density at radius 2 is 2.20 bits per heavy atom. The first-order valence-corrected chi connectivity index (χ1v) is 4.45. The zero-order valence-electron chi connectivity index (χ0n) is 8.81. The number of nitrogens with zero attached hydrogens (tertiary/aromatic N) is 2. The lowest BCUT2D eigenvalue weighted by Crippen LogP contribution is -2.38. The van der Waals surface area contributed by atoms with Crippen LogP contribution in [0.4, 0.5) is 0 Å². The SMILES string of the molecule is Cc1c(C(=O)N[C@H](C)C(=O)O)cnn1C. The number of rotatable bonds is 3. The number of carboxylic acids is 1. The molecule has 1 aromatic rings. The fourth-order valence-corrected chi connectivity index (χ4v) is 1.06. The second-order valence-electron chi connectivity index (χ2n) is 3.30. The van der Waals surface area contributed by atoms with Gasteiger partial charge in [0.25, 0.3) is 5.91 Å². The Kier molecular flexibility index (Phi) is 3.08. The van der Waals surface area contributed by atoms with E-state index in [2.05, 4.69) is 10.4 Å². The van der Waals surface area contributed by atoms with Gasteiger partial charge in [-0.1, -0.05) is 0 Å². The predicted octanol–water partition coefficient (Wildman–Crippen LogP) is -0.0686. The highest BCUT2D eigenvalue weighted by molar-refractivity contribution is 5.97. The summed E-state index contributed by atoms with van der Waals surface area (Å²) < 4.78 is 1.56. The molecule has 1 atom stereocenters. The molecule has 15 heavy (non-hydrogen) atoms. The first-order chi connectivity index (χ1) is 6.93. The van der Waals surface area contributed by atoms with Crippen molar-refractivity contribution in [2.24, 2.45) is 7.05 Å². The number of hydrogen-bond acceptors (Lipinski definition) is 3. The van der Waals surface area contributed by atoms with E-state index < -0.39 is 17.9 Å². The summed E-state index contributed by atoms with van der Waals surface area (Å²) in [6, 6.07) is -0.905. The van der Waals surface area contributed by atoms with Crippen LogP contribution in [0.5, 0.6) is 0 Å². The second kappa shape index (κ2) is 4.12. The summed E-state index contributed by atoms with van der Waals surface area (Å²) in [5, 5.41) is 14.9. The summed E-state index contributed by atoms with van der Waals surface area (Å²) in [6.07, 6.45) is 1.42. The Morgan fingerprint density at radius 1 is 1.60 bits per heavy atom. The molecule has 0 aliphatic carbocycles. The Balaban J connectivity index is 2.78. The van der Waals surface area contributed by atoms with Crippen molar-refractivity contribution in [3.05, 3.63) is 17.5 Å². The number of nitrogens with one attached hydrogen (secondary N) is 1. The van der Waals surface area contributed by atoms with E-state index in [1.807, 2.05) is 0 Å². The van der Waals surface area contributed by atoms with Crippen LogP contribution in [0.15, 0.2) is 6.20 Å². The number of aryl methyl sites for hydroxylation is 1. The highest BCUT2D eigenvalue weighted by Gasteiger charge is 2.18. The van der Waals surface area contributed by atoms with Gasteiger partial charge in [-0.3, -0.25) is 14.3 Å². The number of hydrogen-bond donors (Lipinski definition) is 2. The fourth-order valence-electron chi connectivity index (χ4n) is 1.06. The van der Waals surface area contributed by atoms with Gasteiger partial charge in [-0.25, -0.2) is 0 Å². The number of aliphatic carboxylic acids is 1. The van der Waals surface area contributed by atoms with E-state index in [1.165, 1.54) is 13.1 Å². The van der Waals surface area contributed by atoms with E-state index in [4.69, 9.17) is 5.11 Å². The second-order valence-corrected chi connectivity index (χ2v) is 3.30. The molecular formula is C9H13N3O3. The largest absolute Gasteiger partial charge is 0.480 e. The number of amides is 1. The summed E-state index contributed by atoms with van der Waals surface area (Å²) in [4.78, 5) is 22.1. The fraction of sp³-hybridized carbons (Fsp3) is 0.444. The monoisotopic (exact) mass is 211 g/mol. The molecule has 0 saturated heterocycles. The third kappa shape index (κ3) is 2.34. The van der Waals surface area contributed by atoms with E-state index >= 15 is 0 Å². The maximum Gasteiger partial charge on any atom is 0.325 e. The minimum atomic E-state index is -1.06. The smallest absolute Gasteiger partial charge is 0.325 e. The minimum Gasteiger partial charge on any atom is -0.480 e. The van der Waals surface area contributed by atoms with Crippen LogP contribution >= 0.6 is 0 Å². The highest BCUT2D eigenvalue weighted by atomic mass is 16.4. The number of carbonyl (C=O) groups excluding carboxylic acids is 1. The summed E-state index contributed by atoms with van der Waals surface area (Å²) in [5.74, 6) is -1.49. The molecule has 82 valence electrons. The lowest BCUT2D eigenvalue weighted by Gasteiger charge is -2.08. The lowest BCUT2D eigenvalue weighted by molar-refractivity contribution is -0.138. The van der Waals surface area contributed by atoms with Gasteiger partial charge in [0.05, 0.1) is 11.8 Å². The van der Waals surface area contributed by atoms with E-state index in [0.717, 1.165) is 0 Å². The van der Waals surface area contributed by atoms with Gasteiger partial charge < -0.3 is 10.4 Å². The van der Waals surface area contributed by atoms with Crippen LogP contribution in [0.2, 0.25) is 0 Å². The van der Waals surface area contributed by atoms with E-state index in [0.29, 0.717) is 11.3 Å². The van der Waals surface area contributed by atoms with Gasteiger partial charge in [0.2, 0.25) is 0 Å². The summed E-state index contributed by atoms with van der Waals surface area (Å²) in [7, 11) is 1.72. The summed E-state index contributed by atoms with van der Waals surface area (Å²) in [6.45, 7) is 3.15. The first-order valence-electron chi connectivity index (χ1n) is 4.45.